The number of hydrogen-bond donors (Lipinski definition) is 0. The summed E-state index contributed by atoms with van der Waals surface area (Å²) >= 11 is 0. The molecule has 0 atom stereocenters. The number of nitrogens with zero attached hydrogens (tertiary/aromatic N) is 1. The van der Waals surface area contributed by atoms with Crippen LogP contribution in [-0.4, -0.2) is 50.4 Å². The molecule has 0 amide bonds. The molecule has 0 aromatic heterocycles. The quantitative estimate of drug-likeness (QED) is 0.593. The first-order chi connectivity index (χ1) is 10.8. The SMILES string of the molecule is CS(=O)(=O)N1CCC(C(=O)OCC(=O)c2ccc(F)cc2)CC1. The molecular formula is C15H18FNO5S. The molecule has 1 aliphatic rings. The van der Waals surface area contributed by atoms with Gasteiger partial charge in [0.05, 0.1) is 12.2 Å². The van der Waals surface area contributed by atoms with E-state index in [4.69, 9.17) is 4.74 Å². The summed E-state index contributed by atoms with van der Waals surface area (Å²) in [6.45, 7) is 0.131. The van der Waals surface area contributed by atoms with E-state index in [-0.39, 0.29) is 18.7 Å². The largest absolute Gasteiger partial charge is 0.457 e. The van der Waals surface area contributed by atoms with Gasteiger partial charge in [-0.1, -0.05) is 0 Å². The number of sulfonamides is 1. The van der Waals surface area contributed by atoms with Crippen molar-refractivity contribution >= 4 is 21.8 Å². The van der Waals surface area contributed by atoms with Crippen molar-refractivity contribution in [3.8, 4) is 0 Å². The Kier molecular flexibility index (Phi) is 5.48. The summed E-state index contributed by atoms with van der Waals surface area (Å²) in [6, 6.07) is 4.98. The van der Waals surface area contributed by atoms with Crippen LogP contribution in [-0.2, 0) is 19.6 Å². The number of carbonyl (C=O) groups is 2. The highest BCUT2D eigenvalue weighted by atomic mass is 32.2. The predicted molar refractivity (Wildman–Crippen MR) is 80.8 cm³/mol. The number of ketones is 1. The Balaban J connectivity index is 1.82. The van der Waals surface area contributed by atoms with E-state index in [2.05, 4.69) is 0 Å². The van der Waals surface area contributed by atoms with Crippen molar-refractivity contribution in [3.05, 3.63) is 35.6 Å². The molecule has 1 aromatic carbocycles. The minimum atomic E-state index is -3.24. The van der Waals surface area contributed by atoms with Gasteiger partial charge in [-0.25, -0.2) is 17.1 Å². The van der Waals surface area contributed by atoms with Crippen LogP contribution in [0.15, 0.2) is 24.3 Å². The van der Waals surface area contributed by atoms with E-state index < -0.39 is 40.1 Å². The number of hydrogen-bond acceptors (Lipinski definition) is 5. The Labute approximate surface area is 134 Å². The number of esters is 1. The average Bonchev–Trinajstić information content (AvgIpc) is 2.52. The summed E-state index contributed by atoms with van der Waals surface area (Å²) in [7, 11) is -3.24. The Morgan fingerprint density at radius 3 is 2.30 bits per heavy atom. The monoisotopic (exact) mass is 343 g/mol. The Bertz CT molecular complexity index is 678. The molecule has 6 nitrogen and oxygen atoms in total. The number of carbonyl (C=O) groups excluding carboxylic acids is 2. The zero-order chi connectivity index (χ0) is 17.0. The van der Waals surface area contributed by atoms with Crippen LogP contribution >= 0.6 is 0 Å². The summed E-state index contributed by atoms with van der Waals surface area (Å²) in [5.41, 5.74) is 0.270. The van der Waals surface area contributed by atoms with Crippen molar-refractivity contribution in [1.82, 2.24) is 4.31 Å². The van der Waals surface area contributed by atoms with Crippen molar-refractivity contribution in [2.24, 2.45) is 5.92 Å². The van der Waals surface area contributed by atoms with Crippen molar-refractivity contribution in [2.45, 2.75) is 12.8 Å². The smallest absolute Gasteiger partial charge is 0.309 e. The van der Waals surface area contributed by atoms with Crippen LogP contribution in [0.1, 0.15) is 23.2 Å². The number of rotatable bonds is 5. The molecular weight excluding hydrogens is 325 g/mol. The fourth-order valence-corrected chi connectivity index (χ4v) is 3.27. The van der Waals surface area contributed by atoms with Crippen LogP contribution in [0.5, 0.6) is 0 Å². The topological polar surface area (TPSA) is 80.8 Å². The second-order valence-corrected chi connectivity index (χ2v) is 7.46. The van der Waals surface area contributed by atoms with Gasteiger partial charge < -0.3 is 4.74 Å². The molecule has 0 radical (unpaired) electrons. The van der Waals surface area contributed by atoms with Gasteiger partial charge in [0, 0.05) is 18.7 Å². The maximum atomic E-state index is 12.8. The third-order valence-corrected chi connectivity index (χ3v) is 5.07. The van der Waals surface area contributed by atoms with Gasteiger partial charge in [0.15, 0.2) is 12.4 Å². The Hall–Kier alpha value is -1.80. The second kappa shape index (κ2) is 7.18. The number of benzene rings is 1. The molecule has 0 N–H and O–H groups in total. The first-order valence-electron chi connectivity index (χ1n) is 7.18. The minimum absolute atomic E-state index is 0.268. The second-order valence-electron chi connectivity index (χ2n) is 5.47. The third kappa shape index (κ3) is 4.84. The van der Waals surface area contributed by atoms with Gasteiger partial charge in [0.25, 0.3) is 0 Å². The van der Waals surface area contributed by atoms with Crippen LogP contribution in [0.3, 0.4) is 0 Å². The van der Waals surface area contributed by atoms with Crippen LogP contribution in [0.25, 0.3) is 0 Å². The lowest BCUT2D eigenvalue weighted by Gasteiger charge is -2.28. The highest BCUT2D eigenvalue weighted by Gasteiger charge is 2.30. The molecule has 23 heavy (non-hydrogen) atoms. The van der Waals surface area contributed by atoms with Crippen molar-refractivity contribution in [1.29, 1.82) is 0 Å². The molecule has 126 valence electrons. The summed E-state index contributed by atoms with van der Waals surface area (Å²) in [4.78, 5) is 23.8. The van der Waals surface area contributed by atoms with Gasteiger partial charge >= 0.3 is 5.97 Å². The van der Waals surface area contributed by atoms with E-state index in [1.54, 1.807) is 0 Å². The van der Waals surface area contributed by atoms with Gasteiger partial charge in [-0.15, -0.1) is 0 Å². The molecule has 0 bridgehead atoms. The van der Waals surface area contributed by atoms with E-state index in [1.165, 1.54) is 16.4 Å². The zero-order valence-electron chi connectivity index (χ0n) is 12.7. The summed E-state index contributed by atoms with van der Waals surface area (Å²) in [5, 5.41) is 0. The minimum Gasteiger partial charge on any atom is -0.457 e. The van der Waals surface area contributed by atoms with Crippen LogP contribution in [0.4, 0.5) is 4.39 Å². The fraction of sp³-hybridized carbons (Fsp3) is 0.467. The predicted octanol–water partition coefficient (Wildman–Crippen LogP) is 1.22. The van der Waals surface area contributed by atoms with Gasteiger partial charge in [-0.05, 0) is 37.1 Å². The van der Waals surface area contributed by atoms with Gasteiger partial charge in [0.2, 0.25) is 10.0 Å². The molecule has 8 heteroatoms. The summed E-state index contributed by atoms with van der Waals surface area (Å²) in [6.07, 6.45) is 1.88. The van der Waals surface area contributed by atoms with Gasteiger partial charge in [-0.2, -0.15) is 0 Å². The number of ether oxygens (including phenoxy) is 1. The molecule has 0 spiro atoms. The van der Waals surface area contributed by atoms with E-state index in [9.17, 15) is 22.4 Å². The molecule has 1 aliphatic heterocycles. The lowest BCUT2D eigenvalue weighted by molar-refractivity contribution is -0.148. The Morgan fingerprint density at radius 1 is 1.22 bits per heavy atom. The lowest BCUT2D eigenvalue weighted by atomic mass is 9.98. The van der Waals surface area contributed by atoms with Crippen molar-refractivity contribution in [2.75, 3.05) is 26.0 Å². The van der Waals surface area contributed by atoms with Crippen LogP contribution in [0, 0.1) is 11.7 Å². The third-order valence-electron chi connectivity index (χ3n) is 3.77. The molecule has 0 unspecified atom stereocenters. The van der Waals surface area contributed by atoms with Crippen molar-refractivity contribution < 1.29 is 27.1 Å². The molecule has 0 saturated carbocycles. The zero-order valence-corrected chi connectivity index (χ0v) is 13.5. The highest BCUT2D eigenvalue weighted by molar-refractivity contribution is 7.88. The Morgan fingerprint density at radius 2 is 1.78 bits per heavy atom. The molecule has 1 heterocycles. The highest BCUT2D eigenvalue weighted by Crippen LogP contribution is 2.20. The molecule has 1 aromatic rings. The fourth-order valence-electron chi connectivity index (χ4n) is 2.40. The van der Waals surface area contributed by atoms with Gasteiger partial charge in [-0.3, -0.25) is 9.59 Å². The number of piperidine rings is 1. The average molecular weight is 343 g/mol. The normalized spacial score (nSPS) is 17.0. The van der Waals surface area contributed by atoms with Gasteiger partial charge in [0.1, 0.15) is 5.82 Å². The van der Waals surface area contributed by atoms with Crippen LogP contribution in [0.2, 0.25) is 0 Å². The van der Waals surface area contributed by atoms with E-state index in [0.29, 0.717) is 12.8 Å². The first kappa shape index (κ1) is 17.6. The number of halogens is 1. The lowest BCUT2D eigenvalue weighted by Crippen LogP contribution is -2.40. The van der Waals surface area contributed by atoms with Crippen molar-refractivity contribution in [3.63, 3.8) is 0 Å². The van der Waals surface area contributed by atoms with E-state index in [1.807, 2.05) is 0 Å². The number of Topliss-reactive ketones (excluding diaryl/α,β-unsaturated/α-hetero) is 1. The molecule has 1 saturated heterocycles. The first-order valence-corrected chi connectivity index (χ1v) is 9.03. The standard InChI is InChI=1S/C15H18FNO5S/c1-23(20,21)17-8-6-12(7-9-17)15(19)22-10-14(18)11-2-4-13(16)5-3-11/h2-5,12H,6-10H2,1H3. The van der Waals surface area contributed by atoms with E-state index >= 15 is 0 Å². The summed E-state index contributed by atoms with van der Waals surface area (Å²) < 4.78 is 41.9. The molecule has 0 aliphatic carbocycles. The van der Waals surface area contributed by atoms with Crippen LogP contribution < -0.4 is 0 Å². The maximum absolute atomic E-state index is 12.8. The van der Waals surface area contributed by atoms with E-state index in [0.717, 1.165) is 18.4 Å². The maximum Gasteiger partial charge on any atom is 0.309 e. The molecule has 1 fully saturated rings. The molecule has 2 rings (SSSR count). The summed E-state index contributed by atoms with van der Waals surface area (Å²) in [5.74, 6) is -1.77.